The smallest absolute Gasteiger partial charge is 0.0406 e. The molecule has 0 heterocycles. The van der Waals surface area contributed by atoms with Crippen LogP contribution in [0.25, 0.3) is 11.1 Å². The van der Waals surface area contributed by atoms with Crippen LogP contribution in [0.1, 0.15) is 26.3 Å². The van der Waals surface area contributed by atoms with Gasteiger partial charge in [-0.2, -0.15) is 0 Å². The quantitative estimate of drug-likeness (QED) is 0.658. The molecule has 0 unspecified atom stereocenters. The van der Waals surface area contributed by atoms with Crippen molar-refractivity contribution >= 4 is 11.6 Å². The predicted molar refractivity (Wildman–Crippen MR) is 80.0 cm³/mol. The van der Waals surface area contributed by atoms with Crippen LogP contribution in [-0.4, -0.2) is 0 Å². The van der Waals surface area contributed by atoms with Crippen LogP contribution in [0.3, 0.4) is 0 Å². The van der Waals surface area contributed by atoms with Gasteiger partial charge < -0.3 is 0 Å². The molecule has 2 rings (SSSR count). The molecule has 0 fully saturated rings. The van der Waals surface area contributed by atoms with Crippen LogP contribution in [0.2, 0.25) is 5.02 Å². The minimum absolute atomic E-state index is 0.335. The van der Waals surface area contributed by atoms with Gasteiger partial charge in [0.1, 0.15) is 0 Å². The average Bonchev–Trinajstić information content (AvgIpc) is 2.29. The molecular formula is C17H19Cl. The fourth-order valence-corrected chi connectivity index (χ4v) is 2.20. The number of benzene rings is 2. The van der Waals surface area contributed by atoms with E-state index in [1.165, 1.54) is 16.7 Å². The zero-order chi connectivity index (χ0) is 13.2. The maximum absolute atomic E-state index is 5.90. The van der Waals surface area contributed by atoms with E-state index in [0.29, 0.717) is 5.41 Å². The fourth-order valence-electron chi connectivity index (χ4n) is 2.07. The summed E-state index contributed by atoms with van der Waals surface area (Å²) in [4.78, 5) is 0. The summed E-state index contributed by atoms with van der Waals surface area (Å²) in [6.07, 6.45) is 1.11. The molecule has 0 aliphatic heterocycles. The van der Waals surface area contributed by atoms with Gasteiger partial charge in [-0.05, 0) is 40.7 Å². The molecular weight excluding hydrogens is 240 g/mol. The molecule has 94 valence electrons. The van der Waals surface area contributed by atoms with Gasteiger partial charge in [0.2, 0.25) is 0 Å². The van der Waals surface area contributed by atoms with Gasteiger partial charge in [0.15, 0.2) is 0 Å². The summed E-state index contributed by atoms with van der Waals surface area (Å²) < 4.78 is 0. The Morgan fingerprint density at radius 1 is 0.778 bits per heavy atom. The maximum atomic E-state index is 5.90. The summed E-state index contributed by atoms with van der Waals surface area (Å²) in [5.41, 5.74) is 4.17. The molecule has 0 aliphatic carbocycles. The lowest BCUT2D eigenvalue weighted by Gasteiger charge is -2.18. The second kappa shape index (κ2) is 5.16. The number of halogens is 1. The Bertz CT molecular complexity index is 501. The van der Waals surface area contributed by atoms with E-state index in [4.69, 9.17) is 11.6 Å². The van der Waals surface area contributed by atoms with E-state index in [1.54, 1.807) is 0 Å². The highest BCUT2D eigenvalue weighted by atomic mass is 35.5. The normalized spacial score (nSPS) is 11.6. The van der Waals surface area contributed by atoms with E-state index in [9.17, 15) is 0 Å². The van der Waals surface area contributed by atoms with E-state index in [-0.39, 0.29) is 0 Å². The third-order valence-electron chi connectivity index (χ3n) is 2.87. The highest BCUT2D eigenvalue weighted by Crippen LogP contribution is 2.25. The highest BCUT2D eigenvalue weighted by Gasteiger charge is 2.10. The van der Waals surface area contributed by atoms with Crippen LogP contribution >= 0.6 is 11.6 Å². The summed E-state index contributed by atoms with van der Waals surface area (Å²) in [5, 5.41) is 0.781. The van der Waals surface area contributed by atoms with Gasteiger partial charge in [0, 0.05) is 5.02 Å². The number of rotatable bonds is 2. The van der Waals surface area contributed by atoms with Gasteiger partial charge in [-0.3, -0.25) is 0 Å². The number of hydrogen-bond donors (Lipinski definition) is 0. The van der Waals surface area contributed by atoms with Crippen LogP contribution in [0.4, 0.5) is 0 Å². The first kappa shape index (κ1) is 13.2. The Labute approximate surface area is 115 Å². The first-order chi connectivity index (χ1) is 8.44. The van der Waals surface area contributed by atoms with E-state index >= 15 is 0 Å². The summed E-state index contributed by atoms with van der Waals surface area (Å²) in [6, 6.07) is 16.8. The molecule has 0 spiro atoms. The van der Waals surface area contributed by atoms with Crippen molar-refractivity contribution in [2.45, 2.75) is 27.2 Å². The Morgan fingerprint density at radius 3 is 1.67 bits per heavy atom. The second-order valence-electron chi connectivity index (χ2n) is 5.94. The molecule has 0 radical (unpaired) electrons. The molecule has 0 aliphatic rings. The standard InChI is InChI=1S/C17H19Cl/c1-17(2,3)12-13-4-6-14(7-5-13)15-8-10-16(18)11-9-15/h4-11H,12H2,1-3H3. The average molecular weight is 259 g/mol. The molecule has 1 heteroatoms. The fraction of sp³-hybridized carbons (Fsp3) is 0.294. The molecule has 0 nitrogen and oxygen atoms in total. The van der Waals surface area contributed by atoms with Crippen LogP contribution in [0, 0.1) is 5.41 Å². The summed E-state index contributed by atoms with van der Waals surface area (Å²) >= 11 is 5.90. The first-order valence-corrected chi connectivity index (χ1v) is 6.67. The zero-order valence-corrected chi connectivity index (χ0v) is 12.0. The molecule has 2 aromatic rings. The molecule has 0 N–H and O–H groups in total. The first-order valence-electron chi connectivity index (χ1n) is 6.29. The Hall–Kier alpha value is -1.27. The van der Waals surface area contributed by atoms with Crippen molar-refractivity contribution in [3.05, 3.63) is 59.1 Å². The van der Waals surface area contributed by atoms with Crippen molar-refractivity contribution in [1.82, 2.24) is 0 Å². The van der Waals surface area contributed by atoms with Gasteiger partial charge in [-0.15, -0.1) is 0 Å². The monoisotopic (exact) mass is 258 g/mol. The Morgan fingerprint density at radius 2 is 1.22 bits per heavy atom. The van der Waals surface area contributed by atoms with Crippen molar-refractivity contribution in [3.8, 4) is 11.1 Å². The summed E-state index contributed by atoms with van der Waals surface area (Å²) in [6.45, 7) is 6.79. The van der Waals surface area contributed by atoms with Crippen molar-refractivity contribution in [2.24, 2.45) is 5.41 Å². The summed E-state index contributed by atoms with van der Waals surface area (Å²) in [5.74, 6) is 0. The van der Waals surface area contributed by atoms with Gasteiger partial charge in [-0.25, -0.2) is 0 Å². The Balaban J connectivity index is 2.20. The third-order valence-corrected chi connectivity index (χ3v) is 3.12. The molecule has 0 atom stereocenters. The lowest BCUT2D eigenvalue weighted by Crippen LogP contribution is -2.08. The van der Waals surface area contributed by atoms with Crippen LogP contribution in [0.15, 0.2) is 48.5 Å². The Kier molecular flexibility index (Phi) is 3.77. The predicted octanol–water partition coefficient (Wildman–Crippen LogP) is 5.60. The van der Waals surface area contributed by atoms with Crippen LogP contribution in [0.5, 0.6) is 0 Å². The van der Waals surface area contributed by atoms with Crippen molar-refractivity contribution in [1.29, 1.82) is 0 Å². The molecule has 0 saturated heterocycles. The van der Waals surface area contributed by atoms with Gasteiger partial charge >= 0.3 is 0 Å². The zero-order valence-electron chi connectivity index (χ0n) is 11.2. The van der Waals surface area contributed by atoms with Gasteiger partial charge in [0.25, 0.3) is 0 Å². The SMILES string of the molecule is CC(C)(C)Cc1ccc(-c2ccc(Cl)cc2)cc1. The van der Waals surface area contributed by atoms with Crippen LogP contribution in [-0.2, 0) is 6.42 Å². The van der Waals surface area contributed by atoms with E-state index in [2.05, 4.69) is 57.2 Å². The lowest BCUT2D eigenvalue weighted by atomic mass is 9.88. The molecule has 18 heavy (non-hydrogen) atoms. The minimum atomic E-state index is 0.335. The summed E-state index contributed by atoms with van der Waals surface area (Å²) in [7, 11) is 0. The largest absolute Gasteiger partial charge is 0.0843 e. The van der Waals surface area contributed by atoms with Crippen molar-refractivity contribution in [3.63, 3.8) is 0 Å². The maximum Gasteiger partial charge on any atom is 0.0406 e. The van der Waals surface area contributed by atoms with Gasteiger partial charge in [-0.1, -0.05) is 68.8 Å². The second-order valence-corrected chi connectivity index (χ2v) is 6.38. The lowest BCUT2D eigenvalue weighted by molar-refractivity contribution is 0.411. The molecule has 0 amide bonds. The van der Waals surface area contributed by atoms with Gasteiger partial charge in [0.05, 0.1) is 0 Å². The van der Waals surface area contributed by atoms with Crippen molar-refractivity contribution < 1.29 is 0 Å². The van der Waals surface area contributed by atoms with Crippen molar-refractivity contribution in [2.75, 3.05) is 0 Å². The van der Waals surface area contributed by atoms with E-state index < -0.39 is 0 Å². The van der Waals surface area contributed by atoms with Crippen LogP contribution < -0.4 is 0 Å². The highest BCUT2D eigenvalue weighted by molar-refractivity contribution is 6.30. The molecule has 2 aromatic carbocycles. The molecule has 0 aromatic heterocycles. The topological polar surface area (TPSA) is 0 Å². The molecule has 0 bridgehead atoms. The third kappa shape index (κ3) is 3.61. The minimum Gasteiger partial charge on any atom is -0.0843 e. The number of hydrogen-bond acceptors (Lipinski definition) is 0. The van der Waals surface area contributed by atoms with E-state index in [0.717, 1.165) is 11.4 Å². The molecule has 0 saturated carbocycles. The van der Waals surface area contributed by atoms with E-state index in [1.807, 2.05) is 12.1 Å².